The van der Waals surface area contributed by atoms with E-state index in [9.17, 15) is 0 Å². The van der Waals surface area contributed by atoms with Crippen LogP contribution in [0.4, 0.5) is 0 Å². The van der Waals surface area contributed by atoms with Gasteiger partial charge in [0, 0.05) is 17.5 Å². The minimum atomic E-state index is 0.477. The van der Waals surface area contributed by atoms with Crippen molar-refractivity contribution in [2.45, 2.75) is 6.54 Å². The van der Waals surface area contributed by atoms with E-state index in [2.05, 4.69) is 33.9 Å². The fraction of sp³-hybridized carbons (Fsp3) is 0.0714. The lowest BCUT2D eigenvalue weighted by atomic mass is 10.1. The summed E-state index contributed by atoms with van der Waals surface area (Å²) < 4.78 is 0. The first-order chi connectivity index (χ1) is 8.88. The van der Waals surface area contributed by atoms with Crippen LogP contribution in [0.25, 0.3) is 21.0 Å². The van der Waals surface area contributed by atoms with E-state index in [0.29, 0.717) is 6.54 Å². The van der Waals surface area contributed by atoms with Crippen LogP contribution in [0.5, 0.6) is 0 Å². The molecule has 3 rings (SSSR count). The summed E-state index contributed by atoms with van der Waals surface area (Å²) in [6, 6.07) is 12.4. The van der Waals surface area contributed by atoms with E-state index in [1.807, 2.05) is 18.2 Å². The molecule has 0 atom stereocenters. The molecule has 0 saturated carbocycles. The third-order valence-corrected chi connectivity index (χ3v) is 4.57. The molecule has 0 aliphatic rings. The van der Waals surface area contributed by atoms with Crippen LogP contribution in [-0.2, 0) is 6.54 Å². The molecule has 0 saturated heterocycles. The molecular weight excluding hydrogens is 260 g/mol. The Labute approximate surface area is 114 Å². The van der Waals surface area contributed by atoms with Crippen molar-refractivity contribution in [2.24, 2.45) is 5.73 Å². The third-order valence-electron chi connectivity index (χ3n) is 2.69. The van der Waals surface area contributed by atoms with Gasteiger partial charge in [0.15, 0.2) is 0 Å². The van der Waals surface area contributed by atoms with E-state index in [0.717, 1.165) is 10.7 Å². The predicted molar refractivity (Wildman–Crippen MR) is 78.8 cm³/mol. The van der Waals surface area contributed by atoms with Crippen LogP contribution in [0.3, 0.4) is 0 Å². The van der Waals surface area contributed by atoms with Crippen molar-refractivity contribution in [3.05, 3.63) is 52.9 Å². The van der Waals surface area contributed by atoms with Crippen molar-refractivity contribution in [1.82, 2.24) is 4.98 Å². The van der Waals surface area contributed by atoms with E-state index < -0.39 is 0 Å². The van der Waals surface area contributed by atoms with Gasteiger partial charge in [-0.15, -0.1) is 11.3 Å². The van der Waals surface area contributed by atoms with Gasteiger partial charge in [-0.2, -0.15) is 11.3 Å². The summed E-state index contributed by atoms with van der Waals surface area (Å²) in [4.78, 5) is 5.83. The van der Waals surface area contributed by atoms with E-state index in [-0.39, 0.29) is 0 Å². The minimum Gasteiger partial charge on any atom is -0.325 e. The molecule has 2 heterocycles. The zero-order valence-corrected chi connectivity index (χ0v) is 11.3. The second-order valence-electron chi connectivity index (χ2n) is 3.88. The standard InChI is InChI=1S/C14H12N2S2/c15-8-12-13(10-4-2-1-3-5-10)18-14(16-12)11-6-7-17-9-11/h1-7,9H,8,15H2. The molecule has 1 aromatic carbocycles. The number of hydrogen-bond donors (Lipinski definition) is 1. The highest BCUT2D eigenvalue weighted by Gasteiger charge is 2.12. The molecule has 2 N–H and O–H groups in total. The van der Waals surface area contributed by atoms with Gasteiger partial charge in [0.05, 0.1) is 10.6 Å². The minimum absolute atomic E-state index is 0.477. The summed E-state index contributed by atoms with van der Waals surface area (Å²) in [7, 11) is 0. The molecule has 0 aliphatic carbocycles. The van der Waals surface area contributed by atoms with Crippen LogP contribution in [0.1, 0.15) is 5.69 Å². The fourth-order valence-electron chi connectivity index (χ4n) is 1.81. The Morgan fingerprint density at radius 1 is 1.06 bits per heavy atom. The number of thiazole rings is 1. The SMILES string of the molecule is NCc1nc(-c2ccsc2)sc1-c1ccccc1. The summed E-state index contributed by atoms with van der Waals surface area (Å²) in [5, 5.41) is 5.24. The topological polar surface area (TPSA) is 38.9 Å². The van der Waals surface area contributed by atoms with Crippen molar-refractivity contribution in [1.29, 1.82) is 0 Å². The van der Waals surface area contributed by atoms with Gasteiger partial charge in [0.2, 0.25) is 0 Å². The molecule has 0 radical (unpaired) electrons. The van der Waals surface area contributed by atoms with Crippen molar-refractivity contribution in [2.75, 3.05) is 0 Å². The molecule has 0 amide bonds. The maximum absolute atomic E-state index is 5.80. The molecule has 0 bridgehead atoms. The monoisotopic (exact) mass is 272 g/mol. The Morgan fingerprint density at radius 3 is 2.56 bits per heavy atom. The van der Waals surface area contributed by atoms with E-state index in [1.54, 1.807) is 22.7 Å². The van der Waals surface area contributed by atoms with Crippen LogP contribution < -0.4 is 5.73 Å². The van der Waals surface area contributed by atoms with Crippen molar-refractivity contribution < 1.29 is 0 Å². The zero-order chi connectivity index (χ0) is 12.4. The zero-order valence-electron chi connectivity index (χ0n) is 9.67. The van der Waals surface area contributed by atoms with Crippen LogP contribution in [-0.4, -0.2) is 4.98 Å². The summed E-state index contributed by atoms with van der Waals surface area (Å²) >= 11 is 3.40. The summed E-state index contributed by atoms with van der Waals surface area (Å²) in [6.45, 7) is 0.477. The molecule has 0 unspecified atom stereocenters. The Hall–Kier alpha value is -1.49. The quantitative estimate of drug-likeness (QED) is 0.782. The molecule has 2 aromatic heterocycles. The average Bonchev–Trinajstić information content (AvgIpc) is 3.08. The van der Waals surface area contributed by atoms with Gasteiger partial charge < -0.3 is 5.73 Å². The van der Waals surface area contributed by atoms with Gasteiger partial charge in [0.25, 0.3) is 0 Å². The number of rotatable bonds is 3. The second kappa shape index (κ2) is 5.02. The van der Waals surface area contributed by atoms with Gasteiger partial charge >= 0.3 is 0 Å². The first kappa shape index (κ1) is 11.6. The molecule has 0 aliphatic heterocycles. The highest BCUT2D eigenvalue weighted by molar-refractivity contribution is 7.19. The first-order valence-corrected chi connectivity index (χ1v) is 7.42. The van der Waals surface area contributed by atoms with Crippen LogP contribution >= 0.6 is 22.7 Å². The highest BCUT2D eigenvalue weighted by atomic mass is 32.1. The van der Waals surface area contributed by atoms with E-state index in [4.69, 9.17) is 5.73 Å². The largest absolute Gasteiger partial charge is 0.325 e. The van der Waals surface area contributed by atoms with Crippen LogP contribution in [0.15, 0.2) is 47.2 Å². The fourth-order valence-corrected chi connectivity index (χ4v) is 3.62. The van der Waals surface area contributed by atoms with Gasteiger partial charge in [-0.3, -0.25) is 0 Å². The predicted octanol–water partition coefficient (Wildman–Crippen LogP) is 4.00. The number of aromatic nitrogens is 1. The van der Waals surface area contributed by atoms with Crippen molar-refractivity contribution in [3.8, 4) is 21.0 Å². The van der Waals surface area contributed by atoms with Crippen LogP contribution in [0, 0.1) is 0 Å². The number of nitrogens with two attached hydrogens (primary N) is 1. The molecule has 0 spiro atoms. The lowest BCUT2D eigenvalue weighted by Crippen LogP contribution is -1.98. The number of thiophene rings is 1. The van der Waals surface area contributed by atoms with Crippen molar-refractivity contribution in [3.63, 3.8) is 0 Å². The Bertz CT molecular complexity index is 627. The first-order valence-electron chi connectivity index (χ1n) is 5.66. The maximum atomic E-state index is 5.80. The molecule has 90 valence electrons. The molecule has 18 heavy (non-hydrogen) atoms. The number of benzene rings is 1. The number of hydrogen-bond acceptors (Lipinski definition) is 4. The summed E-state index contributed by atoms with van der Waals surface area (Å²) in [6.07, 6.45) is 0. The molecule has 4 heteroatoms. The molecule has 3 aromatic rings. The average molecular weight is 272 g/mol. The van der Waals surface area contributed by atoms with Gasteiger partial charge in [-0.1, -0.05) is 30.3 Å². The van der Waals surface area contributed by atoms with Gasteiger partial charge in [-0.25, -0.2) is 4.98 Å². The maximum Gasteiger partial charge on any atom is 0.125 e. The third kappa shape index (κ3) is 2.10. The van der Waals surface area contributed by atoms with Crippen LogP contribution in [0.2, 0.25) is 0 Å². The number of nitrogens with zero attached hydrogens (tertiary/aromatic N) is 1. The smallest absolute Gasteiger partial charge is 0.125 e. The molecule has 2 nitrogen and oxygen atoms in total. The lowest BCUT2D eigenvalue weighted by Gasteiger charge is -1.98. The normalized spacial score (nSPS) is 10.7. The summed E-state index contributed by atoms with van der Waals surface area (Å²) in [5.41, 5.74) is 9.15. The Kier molecular flexibility index (Phi) is 3.23. The van der Waals surface area contributed by atoms with E-state index in [1.165, 1.54) is 16.0 Å². The highest BCUT2D eigenvalue weighted by Crippen LogP contribution is 2.35. The molecular formula is C14H12N2S2. The van der Waals surface area contributed by atoms with E-state index >= 15 is 0 Å². The van der Waals surface area contributed by atoms with Gasteiger partial charge in [-0.05, 0) is 17.0 Å². The van der Waals surface area contributed by atoms with Crippen molar-refractivity contribution >= 4 is 22.7 Å². The summed E-state index contributed by atoms with van der Waals surface area (Å²) in [5.74, 6) is 0. The molecule has 0 fully saturated rings. The lowest BCUT2D eigenvalue weighted by molar-refractivity contribution is 1.02. The second-order valence-corrected chi connectivity index (χ2v) is 5.66. The van der Waals surface area contributed by atoms with Gasteiger partial charge in [0.1, 0.15) is 5.01 Å². The Balaban J connectivity index is 2.10. The Morgan fingerprint density at radius 2 is 1.89 bits per heavy atom.